The van der Waals surface area contributed by atoms with Gasteiger partial charge in [0.05, 0.1) is 6.61 Å². The zero-order valence-corrected chi connectivity index (χ0v) is 10.4. The number of phenols is 1. The molecule has 0 bridgehead atoms. The molecule has 1 unspecified atom stereocenters. The van der Waals surface area contributed by atoms with E-state index in [4.69, 9.17) is 4.74 Å². The molecular weight excluding hydrogens is 214 g/mol. The van der Waals surface area contributed by atoms with Crippen molar-refractivity contribution in [2.45, 2.75) is 25.8 Å². The summed E-state index contributed by atoms with van der Waals surface area (Å²) in [6, 6.07) is 7.59. The third kappa shape index (κ3) is 4.02. The minimum absolute atomic E-state index is 0.153. The van der Waals surface area contributed by atoms with Crippen LogP contribution < -0.4 is 5.32 Å². The molecule has 1 aliphatic rings. The standard InChI is InChI=1S/C14H21NO2/c1-11(13-4-2-3-5-14(13)16)15-8-9-17-10-12-6-7-12/h2-5,11-12,15-16H,6-10H2,1H3. The Bertz CT molecular complexity index is 350. The lowest BCUT2D eigenvalue weighted by Gasteiger charge is -2.15. The van der Waals surface area contributed by atoms with Crippen LogP contribution in [0.2, 0.25) is 0 Å². The number of hydrogen-bond donors (Lipinski definition) is 2. The Morgan fingerprint density at radius 2 is 2.18 bits per heavy atom. The molecule has 0 saturated heterocycles. The van der Waals surface area contributed by atoms with Gasteiger partial charge in [0.2, 0.25) is 0 Å². The molecule has 0 spiro atoms. The molecule has 2 rings (SSSR count). The van der Waals surface area contributed by atoms with Gasteiger partial charge in [-0.15, -0.1) is 0 Å². The second-order valence-corrected chi connectivity index (χ2v) is 4.75. The molecule has 94 valence electrons. The van der Waals surface area contributed by atoms with E-state index < -0.39 is 0 Å². The minimum atomic E-state index is 0.153. The monoisotopic (exact) mass is 235 g/mol. The molecule has 1 atom stereocenters. The first-order valence-electron chi connectivity index (χ1n) is 6.36. The van der Waals surface area contributed by atoms with E-state index in [9.17, 15) is 5.11 Å². The number of nitrogens with one attached hydrogen (secondary N) is 1. The third-order valence-electron chi connectivity index (χ3n) is 3.15. The number of benzene rings is 1. The SMILES string of the molecule is CC(NCCOCC1CC1)c1ccccc1O. The van der Waals surface area contributed by atoms with Gasteiger partial charge >= 0.3 is 0 Å². The van der Waals surface area contributed by atoms with Crippen LogP contribution in [0.4, 0.5) is 0 Å². The lowest BCUT2D eigenvalue weighted by atomic mass is 10.1. The smallest absolute Gasteiger partial charge is 0.120 e. The van der Waals surface area contributed by atoms with E-state index in [1.54, 1.807) is 6.07 Å². The summed E-state index contributed by atoms with van der Waals surface area (Å²) < 4.78 is 5.55. The normalized spacial score (nSPS) is 17.0. The second-order valence-electron chi connectivity index (χ2n) is 4.75. The highest BCUT2D eigenvalue weighted by atomic mass is 16.5. The van der Waals surface area contributed by atoms with E-state index in [2.05, 4.69) is 12.2 Å². The van der Waals surface area contributed by atoms with E-state index in [0.717, 1.165) is 31.2 Å². The molecule has 1 aromatic rings. The molecule has 0 aromatic heterocycles. The lowest BCUT2D eigenvalue weighted by Crippen LogP contribution is -2.23. The number of ether oxygens (including phenoxy) is 1. The molecule has 0 heterocycles. The molecule has 0 aliphatic heterocycles. The minimum Gasteiger partial charge on any atom is -0.508 e. The lowest BCUT2D eigenvalue weighted by molar-refractivity contribution is 0.124. The van der Waals surface area contributed by atoms with Crippen molar-refractivity contribution in [1.29, 1.82) is 0 Å². The van der Waals surface area contributed by atoms with Gasteiger partial charge in [-0.2, -0.15) is 0 Å². The van der Waals surface area contributed by atoms with Gasteiger partial charge in [0.1, 0.15) is 5.75 Å². The zero-order valence-electron chi connectivity index (χ0n) is 10.4. The maximum absolute atomic E-state index is 9.69. The average Bonchev–Trinajstić information content (AvgIpc) is 3.13. The maximum Gasteiger partial charge on any atom is 0.120 e. The van der Waals surface area contributed by atoms with E-state index >= 15 is 0 Å². The van der Waals surface area contributed by atoms with Crippen molar-refractivity contribution in [3.63, 3.8) is 0 Å². The summed E-state index contributed by atoms with van der Waals surface area (Å²) in [6.07, 6.45) is 2.67. The summed E-state index contributed by atoms with van der Waals surface area (Å²) in [5.41, 5.74) is 0.940. The van der Waals surface area contributed by atoms with Crippen molar-refractivity contribution in [3.8, 4) is 5.75 Å². The van der Waals surface area contributed by atoms with Crippen molar-refractivity contribution in [2.75, 3.05) is 19.8 Å². The molecule has 3 nitrogen and oxygen atoms in total. The summed E-state index contributed by atoms with van der Waals surface area (Å²) >= 11 is 0. The summed E-state index contributed by atoms with van der Waals surface area (Å²) in [6.45, 7) is 4.53. The summed E-state index contributed by atoms with van der Waals surface area (Å²) in [5, 5.41) is 13.0. The quantitative estimate of drug-likeness (QED) is 0.713. The largest absolute Gasteiger partial charge is 0.508 e. The van der Waals surface area contributed by atoms with Crippen molar-refractivity contribution in [3.05, 3.63) is 29.8 Å². The van der Waals surface area contributed by atoms with Crippen LogP contribution >= 0.6 is 0 Å². The first-order valence-corrected chi connectivity index (χ1v) is 6.36. The van der Waals surface area contributed by atoms with Crippen LogP contribution in [0.15, 0.2) is 24.3 Å². The van der Waals surface area contributed by atoms with Gasteiger partial charge in [-0.1, -0.05) is 18.2 Å². The molecule has 0 radical (unpaired) electrons. The first kappa shape index (κ1) is 12.4. The Labute approximate surface area is 103 Å². The van der Waals surface area contributed by atoms with Crippen molar-refractivity contribution < 1.29 is 9.84 Å². The molecule has 1 aliphatic carbocycles. The van der Waals surface area contributed by atoms with Gasteiger partial charge in [-0.3, -0.25) is 0 Å². The van der Waals surface area contributed by atoms with Crippen molar-refractivity contribution >= 4 is 0 Å². The molecule has 1 saturated carbocycles. The Balaban J connectivity index is 1.65. The number of para-hydroxylation sites is 1. The fourth-order valence-corrected chi connectivity index (χ4v) is 1.85. The predicted molar refractivity (Wildman–Crippen MR) is 68.1 cm³/mol. The third-order valence-corrected chi connectivity index (χ3v) is 3.15. The van der Waals surface area contributed by atoms with Crippen molar-refractivity contribution in [2.24, 2.45) is 5.92 Å². The fourth-order valence-electron chi connectivity index (χ4n) is 1.85. The molecule has 3 heteroatoms. The number of hydrogen-bond acceptors (Lipinski definition) is 3. The van der Waals surface area contributed by atoms with Gasteiger partial charge in [0.25, 0.3) is 0 Å². The van der Waals surface area contributed by atoms with Gasteiger partial charge in [0.15, 0.2) is 0 Å². The highest BCUT2D eigenvalue weighted by Crippen LogP contribution is 2.28. The molecule has 0 amide bonds. The average molecular weight is 235 g/mol. The first-order chi connectivity index (χ1) is 8.27. The van der Waals surface area contributed by atoms with Crippen LogP contribution in [0.3, 0.4) is 0 Å². The number of phenolic OH excluding ortho intramolecular Hbond substituents is 1. The van der Waals surface area contributed by atoms with E-state index in [0.29, 0.717) is 5.75 Å². The van der Waals surface area contributed by atoms with E-state index in [1.807, 2.05) is 18.2 Å². The van der Waals surface area contributed by atoms with Crippen LogP contribution in [0.1, 0.15) is 31.4 Å². The molecule has 2 N–H and O–H groups in total. The van der Waals surface area contributed by atoms with Crippen LogP contribution in [-0.2, 0) is 4.74 Å². The fraction of sp³-hybridized carbons (Fsp3) is 0.571. The number of aromatic hydroxyl groups is 1. The number of rotatable bonds is 7. The molecule has 1 fully saturated rings. The van der Waals surface area contributed by atoms with Crippen molar-refractivity contribution in [1.82, 2.24) is 5.32 Å². The topological polar surface area (TPSA) is 41.5 Å². The Morgan fingerprint density at radius 1 is 1.41 bits per heavy atom. The summed E-state index contributed by atoms with van der Waals surface area (Å²) in [4.78, 5) is 0. The zero-order chi connectivity index (χ0) is 12.1. The second kappa shape index (κ2) is 6.03. The molecular formula is C14H21NO2. The van der Waals surface area contributed by atoms with Gasteiger partial charge in [-0.25, -0.2) is 0 Å². The summed E-state index contributed by atoms with van der Waals surface area (Å²) in [7, 11) is 0. The van der Waals surface area contributed by atoms with Gasteiger partial charge in [0, 0.05) is 24.8 Å². The molecule has 17 heavy (non-hydrogen) atoms. The Kier molecular flexibility index (Phi) is 4.40. The maximum atomic E-state index is 9.69. The highest BCUT2D eigenvalue weighted by molar-refractivity contribution is 5.33. The highest BCUT2D eigenvalue weighted by Gasteiger charge is 2.20. The van der Waals surface area contributed by atoms with E-state index in [1.165, 1.54) is 12.8 Å². The Morgan fingerprint density at radius 3 is 2.88 bits per heavy atom. The van der Waals surface area contributed by atoms with Gasteiger partial charge < -0.3 is 15.2 Å². The van der Waals surface area contributed by atoms with Gasteiger partial charge in [-0.05, 0) is 31.7 Å². The van der Waals surface area contributed by atoms with Crippen LogP contribution in [0, 0.1) is 5.92 Å². The Hall–Kier alpha value is -1.06. The molecule has 1 aromatic carbocycles. The predicted octanol–water partition coefficient (Wildman–Crippen LogP) is 2.47. The summed E-state index contributed by atoms with van der Waals surface area (Å²) in [5.74, 6) is 1.18. The van der Waals surface area contributed by atoms with E-state index in [-0.39, 0.29) is 6.04 Å². The van der Waals surface area contributed by atoms with Crippen LogP contribution in [0.25, 0.3) is 0 Å². The van der Waals surface area contributed by atoms with Crippen LogP contribution in [0.5, 0.6) is 5.75 Å². The van der Waals surface area contributed by atoms with Crippen LogP contribution in [-0.4, -0.2) is 24.9 Å².